The first-order valence-electron chi connectivity index (χ1n) is 17.9. The first-order chi connectivity index (χ1) is 25.4. The van der Waals surface area contributed by atoms with Gasteiger partial charge in [-0.25, -0.2) is 9.36 Å². The average Bonchev–Trinajstić information content (AvgIpc) is 3.57. The van der Waals surface area contributed by atoms with E-state index in [-0.39, 0.29) is 24.7 Å². The Morgan fingerprint density at radius 2 is 1.48 bits per heavy atom. The van der Waals surface area contributed by atoms with Gasteiger partial charge in [-0.15, -0.1) is 0 Å². The number of rotatable bonds is 8. The molecule has 19 nitrogen and oxygen atoms in total. The van der Waals surface area contributed by atoms with Gasteiger partial charge in [-0.1, -0.05) is 39.8 Å². The molecule has 0 saturated carbocycles. The fourth-order valence-electron chi connectivity index (χ4n) is 6.06. The number of nitrogens with one attached hydrogen (secondary N) is 5. The summed E-state index contributed by atoms with van der Waals surface area (Å²) in [5.41, 5.74) is 5.87. The van der Waals surface area contributed by atoms with Crippen molar-refractivity contribution >= 4 is 49.4 Å². The lowest BCUT2D eigenvalue weighted by molar-refractivity contribution is -0.143. The normalized spacial score (nSPS) is 24.7. The number of hydrogen-bond donors (Lipinski definition) is 8. The maximum Gasteiger partial charge on any atom is 0.524 e. The van der Waals surface area contributed by atoms with E-state index in [4.69, 9.17) is 20.3 Å². The molecule has 2 fully saturated rings. The van der Waals surface area contributed by atoms with E-state index in [0.29, 0.717) is 50.8 Å². The van der Waals surface area contributed by atoms with Crippen LogP contribution in [-0.2, 0) is 44.5 Å². The van der Waals surface area contributed by atoms with Crippen LogP contribution in [0.3, 0.4) is 0 Å². The van der Waals surface area contributed by atoms with Crippen LogP contribution in [0.25, 0.3) is 0 Å². The van der Waals surface area contributed by atoms with Crippen LogP contribution in [0, 0.1) is 11.8 Å². The number of cyclic esters (lactones) is 1. The third-order valence-corrected chi connectivity index (χ3v) is 9.35. The molecule has 2 aliphatic rings. The zero-order chi connectivity index (χ0) is 40.2. The lowest BCUT2D eigenvalue weighted by atomic mass is 9.99. The van der Waals surface area contributed by atoms with Gasteiger partial charge in [0.05, 0.1) is 13.0 Å². The number of benzene rings is 1. The number of phosphoric ester groups is 1. The molecule has 300 valence electrons. The number of nitrogens with zero attached hydrogens (tertiary/aromatic N) is 1. The fourth-order valence-corrected chi connectivity index (χ4v) is 6.46. The molecule has 5 atom stereocenters. The molecule has 54 heavy (non-hydrogen) atoms. The van der Waals surface area contributed by atoms with Crippen molar-refractivity contribution in [1.29, 1.82) is 0 Å². The lowest BCUT2D eigenvalue weighted by Gasteiger charge is -2.32. The molecule has 3 rings (SSSR count). The first-order valence-corrected chi connectivity index (χ1v) is 19.4. The third kappa shape index (κ3) is 13.6. The highest BCUT2D eigenvalue weighted by atomic mass is 31.2. The van der Waals surface area contributed by atoms with E-state index in [1.165, 1.54) is 29.2 Å². The number of ether oxygens (including phenoxy) is 1. The first kappa shape index (κ1) is 43.7. The second kappa shape index (κ2) is 20.1. The predicted molar refractivity (Wildman–Crippen MR) is 192 cm³/mol. The van der Waals surface area contributed by atoms with Crippen molar-refractivity contribution in [2.75, 3.05) is 19.7 Å². The van der Waals surface area contributed by atoms with Crippen LogP contribution in [-0.4, -0.2) is 106 Å². The van der Waals surface area contributed by atoms with Crippen molar-refractivity contribution in [1.82, 2.24) is 31.5 Å². The average molecular weight is 782 g/mol. The van der Waals surface area contributed by atoms with Crippen LogP contribution in [0.15, 0.2) is 24.3 Å². The summed E-state index contributed by atoms with van der Waals surface area (Å²) in [7, 11) is -4.83. The van der Waals surface area contributed by atoms with E-state index in [2.05, 4.69) is 31.1 Å². The van der Waals surface area contributed by atoms with Crippen LogP contribution in [0.5, 0.6) is 5.75 Å². The van der Waals surface area contributed by atoms with Crippen LogP contribution >= 0.6 is 7.82 Å². The number of amides is 7. The molecular formula is C34H52N7O12P. The number of phosphoric acid groups is 1. The zero-order valence-corrected chi connectivity index (χ0v) is 31.8. The Balaban J connectivity index is 1.92. The van der Waals surface area contributed by atoms with Gasteiger partial charge in [-0.2, -0.15) is 0 Å². The van der Waals surface area contributed by atoms with Gasteiger partial charge in [0, 0.05) is 19.5 Å². The number of alkyl carbamates (subject to hydrolysis) is 1. The van der Waals surface area contributed by atoms with Gasteiger partial charge in [0.2, 0.25) is 35.4 Å². The van der Waals surface area contributed by atoms with Gasteiger partial charge in [0.15, 0.2) is 0 Å². The van der Waals surface area contributed by atoms with E-state index >= 15 is 0 Å². The molecule has 0 aliphatic carbocycles. The second-order valence-electron chi connectivity index (χ2n) is 14.0. The molecule has 0 radical (unpaired) electrons. The Morgan fingerprint density at radius 1 is 0.852 bits per heavy atom. The number of primary amides is 1. The Kier molecular flexibility index (Phi) is 16.2. The highest BCUT2D eigenvalue weighted by Gasteiger charge is 2.40. The molecule has 0 bridgehead atoms. The molecule has 1 aromatic rings. The number of nitrogens with two attached hydrogens (primary N) is 1. The van der Waals surface area contributed by atoms with Gasteiger partial charge < -0.3 is 46.5 Å². The minimum absolute atomic E-state index is 0.0106. The fraction of sp³-hybridized carbons (Fsp3) is 0.618. The maximum atomic E-state index is 13.8. The molecule has 0 unspecified atom stereocenters. The molecular weight excluding hydrogens is 729 g/mol. The van der Waals surface area contributed by atoms with Crippen LogP contribution in [0.4, 0.5) is 4.79 Å². The zero-order valence-electron chi connectivity index (χ0n) is 30.9. The predicted octanol–water partition coefficient (Wildman–Crippen LogP) is -0.272. The van der Waals surface area contributed by atoms with Crippen LogP contribution in [0.2, 0.25) is 0 Å². The molecule has 20 heteroatoms. The largest absolute Gasteiger partial charge is 0.524 e. The summed E-state index contributed by atoms with van der Waals surface area (Å²) in [6.45, 7) is 7.23. The summed E-state index contributed by atoms with van der Waals surface area (Å²) in [5, 5.41) is 13.1. The topological polar surface area (TPSA) is 285 Å². The minimum Gasteiger partial charge on any atom is -0.450 e. The highest BCUT2D eigenvalue weighted by molar-refractivity contribution is 7.46. The second-order valence-corrected chi connectivity index (χ2v) is 15.2. The van der Waals surface area contributed by atoms with E-state index in [1.54, 1.807) is 27.7 Å². The molecule has 9 N–H and O–H groups in total. The number of fused-ring (bicyclic) bond motifs is 1. The third-order valence-electron chi connectivity index (χ3n) is 8.90. The van der Waals surface area contributed by atoms with E-state index in [9.17, 15) is 38.1 Å². The lowest BCUT2D eigenvalue weighted by Crippen LogP contribution is -2.61. The number of carbonyl (C=O) groups is 7. The maximum absolute atomic E-state index is 13.8. The molecule has 2 saturated heterocycles. The summed E-state index contributed by atoms with van der Waals surface area (Å²) in [4.78, 5) is 113. The monoisotopic (exact) mass is 781 g/mol. The van der Waals surface area contributed by atoms with Crippen molar-refractivity contribution in [2.45, 2.75) is 103 Å². The molecule has 0 spiro atoms. The van der Waals surface area contributed by atoms with Crippen LogP contribution in [0.1, 0.15) is 71.8 Å². The van der Waals surface area contributed by atoms with Gasteiger partial charge in [0.25, 0.3) is 0 Å². The van der Waals surface area contributed by atoms with Crippen molar-refractivity contribution in [3.63, 3.8) is 0 Å². The molecule has 0 aromatic heterocycles. The summed E-state index contributed by atoms with van der Waals surface area (Å²) >= 11 is 0. The highest BCUT2D eigenvalue weighted by Crippen LogP contribution is 2.37. The Labute approximate surface area is 313 Å². The quantitative estimate of drug-likeness (QED) is 0.158. The molecule has 1 aromatic carbocycles. The Morgan fingerprint density at radius 3 is 2.09 bits per heavy atom. The van der Waals surface area contributed by atoms with Gasteiger partial charge in [0.1, 0.15) is 36.0 Å². The van der Waals surface area contributed by atoms with Gasteiger partial charge >= 0.3 is 13.9 Å². The SMILES string of the molecule is CC(C)[C@@H]1NC(=O)[C@@H](Cc2ccc(OP(=O)(O)O)cc2)NC(=O)OCCCCCNC(=O)[C@@H]2CCCN2C(=O)[C@H](C(C)C)NC(=O)[C@H](CC(N)=O)NC1=O. The van der Waals surface area contributed by atoms with E-state index in [0.717, 1.165) is 0 Å². The number of hydrogen-bond acceptors (Lipinski definition) is 10. The van der Waals surface area contributed by atoms with Crippen molar-refractivity contribution in [3.05, 3.63) is 29.8 Å². The number of carbonyl (C=O) groups excluding carboxylic acids is 7. The molecule has 2 aliphatic heterocycles. The summed E-state index contributed by atoms with van der Waals surface area (Å²) in [6.07, 6.45) is 0.845. The van der Waals surface area contributed by atoms with Crippen molar-refractivity contribution < 1.29 is 57.2 Å². The molecule has 2 heterocycles. The Bertz CT molecular complexity index is 1570. The Hall–Kier alpha value is -4.74. The van der Waals surface area contributed by atoms with Crippen molar-refractivity contribution in [3.8, 4) is 5.75 Å². The summed E-state index contributed by atoms with van der Waals surface area (Å²) < 4.78 is 21.1. The van der Waals surface area contributed by atoms with Crippen LogP contribution < -0.4 is 36.8 Å². The van der Waals surface area contributed by atoms with Gasteiger partial charge in [-0.05, 0) is 61.6 Å². The standard InChI is InChI=1S/C34H52N7O12P/c1-19(2)27-32(46)37-24(18-26(35)42)30(44)40-28(20(3)4)33(47)41-15-8-9-25(41)31(45)36-14-6-5-7-16-52-34(48)38-23(29(43)39-27)17-21-10-12-22(13-11-21)53-54(49,50)51/h10-13,19-20,23-25,27-28H,5-9,14-18H2,1-4H3,(H2,35,42)(H,36,45)(H,37,46)(H,38,48)(H,39,43)(H,40,44)(H2,49,50,51)/t23-,24+,25+,27+,28+/m1/s1. The van der Waals surface area contributed by atoms with E-state index in [1.807, 2.05) is 0 Å². The minimum atomic E-state index is -4.83. The van der Waals surface area contributed by atoms with E-state index < -0.39 is 91.9 Å². The smallest absolute Gasteiger partial charge is 0.450 e. The van der Waals surface area contributed by atoms with Gasteiger partial charge in [-0.3, -0.25) is 38.6 Å². The molecule has 7 amide bonds. The van der Waals surface area contributed by atoms with Crippen molar-refractivity contribution in [2.24, 2.45) is 17.6 Å². The summed E-state index contributed by atoms with van der Waals surface area (Å²) in [5.74, 6) is -5.48. The summed E-state index contributed by atoms with van der Waals surface area (Å²) in [6, 6.07) is -0.648.